The summed E-state index contributed by atoms with van der Waals surface area (Å²) in [6.07, 6.45) is 5.37. The number of fused-ring (bicyclic) bond motifs is 1. The molecule has 0 bridgehead atoms. The minimum Gasteiger partial charge on any atom is -0.305 e. The van der Waals surface area contributed by atoms with Crippen molar-refractivity contribution in [1.82, 2.24) is 24.1 Å². The summed E-state index contributed by atoms with van der Waals surface area (Å²) in [5, 5.41) is 7.48. The van der Waals surface area contributed by atoms with Crippen molar-refractivity contribution >= 4 is 17.4 Å². The van der Waals surface area contributed by atoms with E-state index in [0.29, 0.717) is 22.8 Å². The zero-order chi connectivity index (χ0) is 23.0. The molecule has 0 aliphatic rings. The topological polar surface area (TPSA) is 77.1 Å². The number of carbonyl (C=O) groups excluding carboxylic acids is 1. The van der Waals surface area contributed by atoms with Crippen LogP contribution in [-0.4, -0.2) is 30.1 Å². The molecule has 3 aromatic heterocycles. The van der Waals surface area contributed by atoms with Gasteiger partial charge in [0.2, 0.25) is 0 Å². The number of amides is 1. The molecule has 5 rings (SSSR count). The number of benzene rings is 2. The van der Waals surface area contributed by atoms with Crippen LogP contribution in [0.25, 0.3) is 22.7 Å². The van der Waals surface area contributed by atoms with E-state index in [1.807, 2.05) is 77.5 Å². The van der Waals surface area contributed by atoms with E-state index in [2.05, 4.69) is 41.2 Å². The van der Waals surface area contributed by atoms with Crippen molar-refractivity contribution in [2.75, 3.05) is 5.32 Å². The first-order valence-electron chi connectivity index (χ1n) is 10.7. The molecule has 164 valence electrons. The first-order valence-corrected chi connectivity index (χ1v) is 10.7. The largest absolute Gasteiger partial charge is 0.305 e. The molecule has 0 saturated carbocycles. The molecule has 33 heavy (non-hydrogen) atoms. The maximum Gasteiger partial charge on any atom is 0.256 e. The minimum absolute atomic E-state index is 0.0388. The molecule has 1 amide bonds. The van der Waals surface area contributed by atoms with Gasteiger partial charge in [-0.25, -0.2) is 14.5 Å². The summed E-state index contributed by atoms with van der Waals surface area (Å²) in [4.78, 5) is 21.6. The molecule has 1 N–H and O–H groups in total. The van der Waals surface area contributed by atoms with Crippen LogP contribution in [-0.2, 0) is 5.41 Å². The molecule has 0 atom stereocenters. The van der Waals surface area contributed by atoms with Crippen LogP contribution >= 0.6 is 0 Å². The Morgan fingerprint density at radius 3 is 2.39 bits per heavy atom. The number of anilines is 1. The Labute approximate surface area is 191 Å². The lowest BCUT2D eigenvalue weighted by Crippen LogP contribution is -2.14. The second kappa shape index (κ2) is 8.02. The number of aromatic nitrogens is 5. The van der Waals surface area contributed by atoms with E-state index in [0.717, 1.165) is 11.3 Å². The Morgan fingerprint density at radius 1 is 0.909 bits per heavy atom. The first kappa shape index (κ1) is 20.6. The van der Waals surface area contributed by atoms with Crippen LogP contribution < -0.4 is 5.32 Å². The van der Waals surface area contributed by atoms with Gasteiger partial charge in [0.1, 0.15) is 6.33 Å². The van der Waals surface area contributed by atoms with E-state index in [1.54, 1.807) is 17.0 Å². The Bertz CT molecular complexity index is 1430. The summed E-state index contributed by atoms with van der Waals surface area (Å²) >= 11 is 0. The highest BCUT2D eigenvalue weighted by Gasteiger charge is 2.15. The van der Waals surface area contributed by atoms with Crippen LogP contribution in [0.15, 0.2) is 85.5 Å². The van der Waals surface area contributed by atoms with Gasteiger partial charge in [-0.2, -0.15) is 0 Å². The molecule has 0 aliphatic heterocycles. The predicted molar refractivity (Wildman–Crippen MR) is 129 cm³/mol. The van der Waals surface area contributed by atoms with Gasteiger partial charge in [0, 0.05) is 17.3 Å². The Morgan fingerprint density at radius 2 is 1.67 bits per heavy atom. The second-order valence-electron chi connectivity index (χ2n) is 8.93. The van der Waals surface area contributed by atoms with E-state index >= 15 is 0 Å². The first-order chi connectivity index (χ1) is 15.9. The maximum atomic E-state index is 12.7. The fourth-order valence-corrected chi connectivity index (χ4v) is 3.59. The average Bonchev–Trinajstić information content (AvgIpc) is 3.45. The molecule has 3 heterocycles. The van der Waals surface area contributed by atoms with Crippen LogP contribution in [0.2, 0.25) is 0 Å². The summed E-state index contributed by atoms with van der Waals surface area (Å²) in [7, 11) is 0. The molecule has 0 fully saturated rings. The Kier molecular flexibility index (Phi) is 5.01. The van der Waals surface area contributed by atoms with Crippen LogP contribution in [0.3, 0.4) is 0 Å². The normalized spacial score (nSPS) is 11.6. The number of nitrogens with zero attached hydrogens (tertiary/aromatic N) is 5. The highest BCUT2D eigenvalue weighted by molar-refractivity contribution is 6.03. The van der Waals surface area contributed by atoms with Crippen molar-refractivity contribution in [3.8, 4) is 17.1 Å². The maximum absolute atomic E-state index is 12.7. The predicted octanol–water partition coefficient (Wildman–Crippen LogP) is 5.13. The van der Waals surface area contributed by atoms with Crippen LogP contribution in [0, 0.1) is 0 Å². The van der Waals surface area contributed by atoms with Gasteiger partial charge in [0.15, 0.2) is 17.3 Å². The van der Waals surface area contributed by atoms with Crippen molar-refractivity contribution in [3.63, 3.8) is 0 Å². The van der Waals surface area contributed by atoms with Gasteiger partial charge >= 0.3 is 0 Å². The van der Waals surface area contributed by atoms with Gasteiger partial charge in [-0.15, -0.1) is 5.10 Å². The number of rotatable bonds is 4. The lowest BCUT2D eigenvalue weighted by atomic mass is 9.87. The number of nitrogens with one attached hydrogen (secondary N) is 1. The van der Waals surface area contributed by atoms with Crippen molar-refractivity contribution in [2.45, 2.75) is 26.2 Å². The highest BCUT2D eigenvalue weighted by Crippen LogP contribution is 2.23. The van der Waals surface area contributed by atoms with E-state index in [1.165, 1.54) is 5.56 Å². The zero-order valence-electron chi connectivity index (χ0n) is 18.7. The molecular formula is C26H24N6O. The third kappa shape index (κ3) is 4.25. The molecule has 7 heteroatoms. The SMILES string of the molecule is CC(C)(C)c1ccc(C(=O)Nc2cn3nc(-n4cnc(-c5ccccc5)c4)ccc3n2)cc1. The van der Waals surface area contributed by atoms with Gasteiger partial charge in [-0.05, 0) is 35.2 Å². The molecule has 0 unspecified atom stereocenters. The van der Waals surface area contributed by atoms with E-state index in [-0.39, 0.29) is 11.3 Å². The molecule has 0 aliphatic carbocycles. The standard InChI is InChI=1S/C26H24N6O/c1-26(2,3)20-11-9-19(10-12-20)25(33)29-22-16-32-23(28-22)13-14-24(30-32)31-15-21(27-17-31)18-7-5-4-6-8-18/h4-17H,1-3H3,(H,29,33). The summed E-state index contributed by atoms with van der Waals surface area (Å²) in [5.41, 5.74) is 4.35. The summed E-state index contributed by atoms with van der Waals surface area (Å²) in [6, 6.07) is 21.4. The fourth-order valence-electron chi connectivity index (χ4n) is 3.59. The summed E-state index contributed by atoms with van der Waals surface area (Å²) in [5.74, 6) is 0.937. The van der Waals surface area contributed by atoms with Crippen molar-refractivity contribution in [1.29, 1.82) is 0 Å². The van der Waals surface area contributed by atoms with Crippen LogP contribution in [0.1, 0.15) is 36.7 Å². The van der Waals surface area contributed by atoms with E-state index in [9.17, 15) is 4.79 Å². The van der Waals surface area contributed by atoms with Crippen molar-refractivity contribution in [3.05, 3.63) is 96.6 Å². The quantitative estimate of drug-likeness (QED) is 0.424. The molecule has 7 nitrogen and oxygen atoms in total. The Hall–Kier alpha value is -4.26. The molecule has 0 radical (unpaired) electrons. The van der Waals surface area contributed by atoms with Crippen molar-refractivity contribution in [2.24, 2.45) is 0 Å². The van der Waals surface area contributed by atoms with Crippen molar-refractivity contribution < 1.29 is 4.79 Å². The fraction of sp³-hybridized carbons (Fsp3) is 0.154. The van der Waals surface area contributed by atoms with Crippen LogP contribution in [0.4, 0.5) is 5.82 Å². The number of hydrogen-bond acceptors (Lipinski definition) is 4. The zero-order valence-corrected chi connectivity index (χ0v) is 18.7. The summed E-state index contributed by atoms with van der Waals surface area (Å²) < 4.78 is 3.51. The smallest absolute Gasteiger partial charge is 0.256 e. The highest BCUT2D eigenvalue weighted by atomic mass is 16.1. The minimum atomic E-state index is -0.207. The lowest BCUT2D eigenvalue weighted by molar-refractivity contribution is 0.102. The molecule has 5 aromatic rings. The van der Waals surface area contributed by atoms with Gasteiger partial charge in [0.25, 0.3) is 5.91 Å². The number of carbonyl (C=O) groups is 1. The average molecular weight is 437 g/mol. The Balaban J connectivity index is 1.35. The summed E-state index contributed by atoms with van der Waals surface area (Å²) in [6.45, 7) is 6.44. The van der Waals surface area contributed by atoms with Gasteiger partial charge in [-0.1, -0.05) is 63.2 Å². The molecular weight excluding hydrogens is 412 g/mol. The van der Waals surface area contributed by atoms with Gasteiger partial charge in [-0.3, -0.25) is 9.36 Å². The van der Waals surface area contributed by atoms with Crippen LogP contribution in [0.5, 0.6) is 0 Å². The molecule has 0 saturated heterocycles. The molecule has 0 spiro atoms. The third-order valence-electron chi connectivity index (χ3n) is 5.48. The number of imidazole rings is 2. The number of hydrogen-bond donors (Lipinski definition) is 1. The van der Waals surface area contributed by atoms with E-state index < -0.39 is 0 Å². The molecule has 2 aromatic carbocycles. The monoisotopic (exact) mass is 436 g/mol. The van der Waals surface area contributed by atoms with Gasteiger partial charge < -0.3 is 5.32 Å². The second-order valence-corrected chi connectivity index (χ2v) is 8.93. The lowest BCUT2D eigenvalue weighted by Gasteiger charge is -2.18. The van der Waals surface area contributed by atoms with E-state index in [4.69, 9.17) is 0 Å². The third-order valence-corrected chi connectivity index (χ3v) is 5.48. The van der Waals surface area contributed by atoms with Gasteiger partial charge in [0.05, 0.1) is 11.9 Å².